The van der Waals surface area contributed by atoms with Gasteiger partial charge in [-0.25, -0.2) is 0 Å². The van der Waals surface area contributed by atoms with E-state index in [0.717, 1.165) is 96.3 Å². The Morgan fingerprint density at radius 2 is 0.534 bits per heavy atom. The summed E-state index contributed by atoms with van der Waals surface area (Å²) in [5.41, 5.74) is 0. The molecule has 6 heteroatoms. The molecule has 0 spiro atoms. The van der Waals surface area contributed by atoms with Crippen LogP contribution in [0.5, 0.6) is 0 Å². The SMILES string of the molecule is CC/C=C\C/C=C\C/C=C\C/C=C\C/C=C\CCCCCCCCCCCCCCCC(=O)OCC(COC(=O)CCCCCCC/C=C\CCCCC)OC(=O)CCCCCCCCCCCCCCCC. The van der Waals surface area contributed by atoms with E-state index in [1.54, 1.807) is 0 Å². The molecule has 422 valence electrons. The van der Waals surface area contributed by atoms with Gasteiger partial charge < -0.3 is 14.2 Å². The average molecular weight is 1020 g/mol. The highest BCUT2D eigenvalue weighted by atomic mass is 16.6. The summed E-state index contributed by atoms with van der Waals surface area (Å²) < 4.78 is 16.9. The van der Waals surface area contributed by atoms with Gasteiger partial charge in [0.1, 0.15) is 13.2 Å². The standard InChI is InChI=1S/C67H118O6/c1-4-7-10-13-16-19-22-25-27-28-29-30-31-32-33-34-35-36-37-38-39-40-41-43-45-48-51-54-57-60-66(69)72-63-64(62-71-65(68)59-56-53-50-47-44-24-21-18-15-12-9-6-3)73-67(70)61-58-55-52-49-46-42-26-23-20-17-14-11-8-5-2/h7,10,16,18-19,21,25,27,29-30,32-33,64H,4-6,8-9,11-15,17,20,22-24,26,28,31,34-63H2,1-3H3/b10-7-,19-16-,21-18-,27-25-,30-29-,33-32-. The van der Waals surface area contributed by atoms with Crippen molar-refractivity contribution in [1.29, 1.82) is 0 Å². The third kappa shape index (κ3) is 59.6. The number of ether oxygens (including phenoxy) is 3. The lowest BCUT2D eigenvalue weighted by Gasteiger charge is -2.18. The van der Waals surface area contributed by atoms with E-state index in [9.17, 15) is 14.4 Å². The van der Waals surface area contributed by atoms with Crippen molar-refractivity contribution in [3.8, 4) is 0 Å². The van der Waals surface area contributed by atoms with Crippen LogP contribution in [-0.4, -0.2) is 37.2 Å². The van der Waals surface area contributed by atoms with Crippen molar-refractivity contribution in [3.63, 3.8) is 0 Å². The van der Waals surface area contributed by atoms with Gasteiger partial charge in [0.05, 0.1) is 0 Å². The number of hydrogen-bond donors (Lipinski definition) is 0. The van der Waals surface area contributed by atoms with Gasteiger partial charge in [-0.05, 0) is 89.9 Å². The summed E-state index contributed by atoms with van der Waals surface area (Å²) in [6.45, 7) is 6.53. The Labute approximate surface area is 453 Å². The van der Waals surface area contributed by atoms with Crippen molar-refractivity contribution in [2.75, 3.05) is 13.2 Å². The van der Waals surface area contributed by atoms with E-state index in [-0.39, 0.29) is 31.1 Å². The summed E-state index contributed by atoms with van der Waals surface area (Å²) in [7, 11) is 0. The smallest absolute Gasteiger partial charge is 0.306 e. The van der Waals surface area contributed by atoms with Crippen molar-refractivity contribution >= 4 is 17.9 Å². The Kier molecular flexibility index (Phi) is 58.7. The van der Waals surface area contributed by atoms with E-state index in [4.69, 9.17) is 14.2 Å². The first-order chi connectivity index (χ1) is 36.0. The van der Waals surface area contributed by atoms with Gasteiger partial charge in [0.15, 0.2) is 6.10 Å². The first-order valence-corrected chi connectivity index (χ1v) is 31.4. The molecular formula is C67H118O6. The molecule has 73 heavy (non-hydrogen) atoms. The third-order valence-electron chi connectivity index (χ3n) is 13.7. The predicted molar refractivity (Wildman–Crippen MR) is 316 cm³/mol. The number of hydrogen-bond acceptors (Lipinski definition) is 6. The summed E-state index contributed by atoms with van der Waals surface area (Å²) in [4.78, 5) is 38.2. The largest absolute Gasteiger partial charge is 0.462 e. The summed E-state index contributed by atoms with van der Waals surface area (Å²) in [5, 5.41) is 0. The highest BCUT2D eigenvalue weighted by Gasteiger charge is 2.19. The van der Waals surface area contributed by atoms with E-state index in [1.165, 1.54) is 180 Å². The molecule has 0 N–H and O–H groups in total. The van der Waals surface area contributed by atoms with Gasteiger partial charge in [0.25, 0.3) is 0 Å². The van der Waals surface area contributed by atoms with Crippen LogP contribution in [0.25, 0.3) is 0 Å². The molecule has 0 amide bonds. The highest BCUT2D eigenvalue weighted by Crippen LogP contribution is 2.17. The van der Waals surface area contributed by atoms with E-state index >= 15 is 0 Å². The molecule has 0 bridgehead atoms. The molecule has 0 aromatic rings. The topological polar surface area (TPSA) is 78.9 Å². The second kappa shape index (κ2) is 61.4. The first kappa shape index (κ1) is 69.8. The zero-order chi connectivity index (χ0) is 52.9. The van der Waals surface area contributed by atoms with Crippen LogP contribution in [-0.2, 0) is 28.6 Å². The Morgan fingerprint density at radius 1 is 0.288 bits per heavy atom. The van der Waals surface area contributed by atoms with Crippen LogP contribution >= 0.6 is 0 Å². The summed E-state index contributed by atoms with van der Waals surface area (Å²) in [6.07, 6.45) is 79.1. The minimum absolute atomic E-state index is 0.0747. The molecule has 0 rings (SSSR count). The summed E-state index contributed by atoms with van der Waals surface area (Å²) in [5.74, 6) is -0.870. The normalized spacial score (nSPS) is 12.5. The van der Waals surface area contributed by atoms with Crippen LogP contribution in [0, 0.1) is 0 Å². The second-order valence-corrected chi connectivity index (χ2v) is 20.9. The average Bonchev–Trinajstić information content (AvgIpc) is 3.39. The Balaban J connectivity index is 4.19. The maximum Gasteiger partial charge on any atom is 0.306 e. The van der Waals surface area contributed by atoms with E-state index in [0.29, 0.717) is 19.3 Å². The van der Waals surface area contributed by atoms with Gasteiger partial charge in [-0.2, -0.15) is 0 Å². The fourth-order valence-corrected chi connectivity index (χ4v) is 9.00. The van der Waals surface area contributed by atoms with Crippen molar-refractivity contribution in [3.05, 3.63) is 72.9 Å². The van der Waals surface area contributed by atoms with Gasteiger partial charge in [-0.15, -0.1) is 0 Å². The molecule has 0 saturated carbocycles. The van der Waals surface area contributed by atoms with Crippen LogP contribution in [0.4, 0.5) is 0 Å². The summed E-state index contributed by atoms with van der Waals surface area (Å²) in [6, 6.07) is 0. The monoisotopic (exact) mass is 1020 g/mol. The fraction of sp³-hybridized carbons (Fsp3) is 0.776. The highest BCUT2D eigenvalue weighted by molar-refractivity contribution is 5.71. The van der Waals surface area contributed by atoms with E-state index in [1.807, 2.05) is 0 Å². The van der Waals surface area contributed by atoms with Gasteiger partial charge in [0, 0.05) is 19.3 Å². The molecule has 0 heterocycles. The van der Waals surface area contributed by atoms with Crippen molar-refractivity contribution in [2.45, 2.75) is 322 Å². The predicted octanol–water partition coefficient (Wildman–Crippen LogP) is 21.3. The van der Waals surface area contributed by atoms with Crippen molar-refractivity contribution in [1.82, 2.24) is 0 Å². The lowest BCUT2D eigenvalue weighted by Crippen LogP contribution is -2.30. The molecule has 0 aliphatic heterocycles. The Hall–Kier alpha value is -3.15. The van der Waals surface area contributed by atoms with Crippen molar-refractivity contribution in [2.24, 2.45) is 0 Å². The van der Waals surface area contributed by atoms with Gasteiger partial charge in [-0.3, -0.25) is 14.4 Å². The number of esters is 3. The quantitative estimate of drug-likeness (QED) is 0.0261. The van der Waals surface area contributed by atoms with Crippen LogP contribution in [0.1, 0.15) is 316 Å². The molecule has 0 aliphatic carbocycles. The van der Waals surface area contributed by atoms with Crippen LogP contribution < -0.4 is 0 Å². The molecule has 6 nitrogen and oxygen atoms in total. The molecule has 1 unspecified atom stereocenters. The molecular weight excluding hydrogens is 901 g/mol. The number of unbranched alkanes of at least 4 members (excludes halogenated alkanes) is 34. The zero-order valence-electron chi connectivity index (χ0n) is 48.4. The van der Waals surface area contributed by atoms with E-state index < -0.39 is 6.10 Å². The number of carbonyl (C=O) groups excluding carboxylic acids is 3. The number of rotatable bonds is 57. The summed E-state index contributed by atoms with van der Waals surface area (Å²) >= 11 is 0. The molecule has 1 atom stereocenters. The third-order valence-corrected chi connectivity index (χ3v) is 13.7. The Morgan fingerprint density at radius 3 is 0.877 bits per heavy atom. The molecule has 0 fully saturated rings. The van der Waals surface area contributed by atoms with Gasteiger partial charge in [0.2, 0.25) is 0 Å². The molecule has 0 radical (unpaired) electrons. The fourth-order valence-electron chi connectivity index (χ4n) is 9.00. The lowest BCUT2D eigenvalue weighted by molar-refractivity contribution is -0.167. The van der Waals surface area contributed by atoms with Crippen molar-refractivity contribution < 1.29 is 28.6 Å². The molecule has 0 saturated heterocycles. The van der Waals surface area contributed by atoms with Crippen LogP contribution in [0.15, 0.2) is 72.9 Å². The van der Waals surface area contributed by atoms with Gasteiger partial charge >= 0.3 is 17.9 Å². The van der Waals surface area contributed by atoms with E-state index in [2.05, 4.69) is 93.7 Å². The maximum absolute atomic E-state index is 12.9. The molecule has 0 aromatic heterocycles. The second-order valence-electron chi connectivity index (χ2n) is 20.9. The van der Waals surface area contributed by atoms with Crippen LogP contribution in [0.3, 0.4) is 0 Å². The molecule has 0 aromatic carbocycles. The Bertz CT molecular complexity index is 1360. The zero-order valence-corrected chi connectivity index (χ0v) is 48.4. The van der Waals surface area contributed by atoms with Crippen LogP contribution in [0.2, 0.25) is 0 Å². The molecule has 0 aliphatic rings. The lowest BCUT2D eigenvalue weighted by atomic mass is 10.0. The van der Waals surface area contributed by atoms with Gasteiger partial charge in [-0.1, -0.05) is 280 Å². The number of allylic oxidation sites excluding steroid dienone is 12. The number of carbonyl (C=O) groups is 3. The minimum Gasteiger partial charge on any atom is -0.462 e. The maximum atomic E-state index is 12.9. The first-order valence-electron chi connectivity index (χ1n) is 31.4. The minimum atomic E-state index is -0.776.